The summed E-state index contributed by atoms with van der Waals surface area (Å²) < 4.78 is 1.58. The number of anilines is 1. The van der Waals surface area contributed by atoms with Crippen LogP contribution in [0.1, 0.15) is 42.4 Å². The summed E-state index contributed by atoms with van der Waals surface area (Å²) in [6.07, 6.45) is 0.202. The van der Waals surface area contributed by atoms with Gasteiger partial charge in [-0.1, -0.05) is 43.6 Å². The number of carbonyl (C=O) groups excluding carboxylic acids is 1. The van der Waals surface area contributed by atoms with E-state index >= 15 is 0 Å². The zero-order chi connectivity index (χ0) is 21.8. The first kappa shape index (κ1) is 22.0. The number of benzene rings is 1. The van der Waals surface area contributed by atoms with E-state index in [9.17, 15) is 4.79 Å². The van der Waals surface area contributed by atoms with Crippen LogP contribution in [0.5, 0.6) is 0 Å². The van der Waals surface area contributed by atoms with Crippen molar-refractivity contribution in [2.45, 2.75) is 40.2 Å². The lowest BCUT2D eigenvalue weighted by Crippen LogP contribution is -2.38. The summed E-state index contributed by atoms with van der Waals surface area (Å²) in [4.78, 5) is 23.6. The molecule has 0 saturated carbocycles. The number of fused-ring (bicyclic) bond motifs is 1. The molecule has 30 heavy (non-hydrogen) atoms. The quantitative estimate of drug-likeness (QED) is 0.570. The minimum atomic E-state index is -0.0837. The fourth-order valence-corrected chi connectivity index (χ4v) is 4.02. The van der Waals surface area contributed by atoms with E-state index in [4.69, 9.17) is 17.3 Å². The normalized spacial score (nSPS) is 12.5. The first-order valence-electron chi connectivity index (χ1n) is 10.1. The van der Waals surface area contributed by atoms with Crippen molar-refractivity contribution in [3.05, 3.63) is 51.8 Å². The molecule has 0 spiro atoms. The van der Waals surface area contributed by atoms with E-state index in [1.54, 1.807) is 4.52 Å². The Kier molecular flexibility index (Phi) is 6.89. The monoisotopic (exact) mass is 429 g/mol. The summed E-state index contributed by atoms with van der Waals surface area (Å²) in [5.41, 5.74) is 9.07. The third-order valence-electron chi connectivity index (χ3n) is 5.41. The third-order valence-corrected chi connectivity index (χ3v) is 5.76. The number of likely N-dealkylation sites (N-methyl/N-ethyl adjacent to an activating group) is 1. The molecule has 3 N–H and O–H groups in total. The van der Waals surface area contributed by atoms with E-state index in [2.05, 4.69) is 39.1 Å². The van der Waals surface area contributed by atoms with Crippen LogP contribution in [0.15, 0.2) is 24.3 Å². The van der Waals surface area contributed by atoms with Gasteiger partial charge in [0.05, 0.1) is 12.5 Å². The summed E-state index contributed by atoms with van der Waals surface area (Å²) in [6, 6.07) is 7.77. The predicted octanol–water partition coefficient (Wildman–Crippen LogP) is 2.72. The Bertz CT molecular complexity index is 1050. The number of amides is 1. The smallest absolute Gasteiger partial charge is 0.254 e. The van der Waals surface area contributed by atoms with Gasteiger partial charge < -0.3 is 11.1 Å². The van der Waals surface area contributed by atoms with Crippen molar-refractivity contribution in [2.75, 3.05) is 25.4 Å². The van der Waals surface area contributed by atoms with Crippen molar-refractivity contribution in [2.24, 2.45) is 0 Å². The maximum atomic E-state index is 12.8. The Labute approximate surface area is 181 Å². The molecule has 0 bridgehead atoms. The van der Waals surface area contributed by atoms with Gasteiger partial charge in [0.2, 0.25) is 11.9 Å². The molecule has 0 aliphatic carbocycles. The first-order valence-corrected chi connectivity index (χ1v) is 10.5. The fourth-order valence-electron chi connectivity index (χ4n) is 3.76. The second-order valence-corrected chi connectivity index (χ2v) is 7.59. The molecule has 160 valence electrons. The number of nitrogens with zero attached hydrogens (tertiary/aromatic N) is 5. The number of hydrogen-bond donors (Lipinski definition) is 2. The Hall–Kier alpha value is -2.71. The van der Waals surface area contributed by atoms with Gasteiger partial charge in [-0.2, -0.15) is 9.50 Å². The van der Waals surface area contributed by atoms with E-state index in [-0.39, 0.29) is 24.3 Å². The lowest BCUT2D eigenvalue weighted by Gasteiger charge is -2.31. The SMILES string of the molecule is CCN(CC)C(CNC(=O)Cc1c(C)nc2nc(N)nn2c1C)c1ccccc1Cl. The second kappa shape index (κ2) is 9.40. The van der Waals surface area contributed by atoms with E-state index in [1.807, 2.05) is 38.1 Å². The van der Waals surface area contributed by atoms with Crippen LogP contribution in [0.25, 0.3) is 5.78 Å². The van der Waals surface area contributed by atoms with Gasteiger partial charge in [-0.15, -0.1) is 5.10 Å². The van der Waals surface area contributed by atoms with Gasteiger partial charge in [0, 0.05) is 28.5 Å². The number of nitrogens with two attached hydrogens (primary N) is 1. The minimum absolute atomic E-state index is 0.00411. The standard InChI is InChI=1S/C21H28ClN7O/c1-5-28(6-2)18(15-9-7-8-10-17(15)22)12-24-19(30)11-16-13(3)25-21-26-20(23)27-29(21)14(16)4/h7-10,18H,5-6,11-12H2,1-4H3,(H2,23,27)(H,24,30). The van der Waals surface area contributed by atoms with Gasteiger partial charge in [-0.3, -0.25) is 9.69 Å². The minimum Gasteiger partial charge on any atom is -0.366 e. The maximum absolute atomic E-state index is 12.8. The van der Waals surface area contributed by atoms with Crippen molar-refractivity contribution >= 4 is 29.2 Å². The highest BCUT2D eigenvalue weighted by molar-refractivity contribution is 6.31. The lowest BCUT2D eigenvalue weighted by atomic mass is 10.0. The van der Waals surface area contributed by atoms with Crippen molar-refractivity contribution in [3.8, 4) is 0 Å². The highest BCUT2D eigenvalue weighted by Crippen LogP contribution is 2.27. The molecule has 2 aromatic heterocycles. The molecule has 1 aromatic carbocycles. The van der Waals surface area contributed by atoms with Crippen LogP contribution in [0, 0.1) is 13.8 Å². The van der Waals surface area contributed by atoms with E-state index in [0.29, 0.717) is 17.3 Å². The molecule has 0 saturated heterocycles. The molecule has 8 nitrogen and oxygen atoms in total. The Morgan fingerprint density at radius 1 is 1.23 bits per heavy atom. The molecule has 0 aliphatic heterocycles. The van der Waals surface area contributed by atoms with Crippen LogP contribution >= 0.6 is 11.6 Å². The molecule has 1 atom stereocenters. The summed E-state index contributed by atoms with van der Waals surface area (Å²) in [7, 11) is 0. The number of halogens is 1. The molecule has 3 rings (SSSR count). The van der Waals surface area contributed by atoms with Crippen molar-refractivity contribution in [1.29, 1.82) is 0 Å². The number of carbonyl (C=O) groups is 1. The zero-order valence-corrected chi connectivity index (χ0v) is 18.6. The molecule has 0 aliphatic rings. The number of nitrogen functional groups attached to an aromatic ring is 1. The number of rotatable bonds is 8. The van der Waals surface area contributed by atoms with Gasteiger partial charge in [-0.05, 0) is 38.6 Å². The highest BCUT2D eigenvalue weighted by atomic mass is 35.5. The highest BCUT2D eigenvalue weighted by Gasteiger charge is 2.22. The number of aryl methyl sites for hydroxylation is 2. The Balaban J connectivity index is 1.78. The predicted molar refractivity (Wildman–Crippen MR) is 118 cm³/mol. The van der Waals surface area contributed by atoms with Crippen molar-refractivity contribution < 1.29 is 4.79 Å². The van der Waals surface area contributed by atoms with Crippen molar-refractivity contribution in [3.63, 3.8) is 0 Å². The van der Waals surface area contributed by atoms with Gasteiger partial charge in [0.15, 0.2) is 0 Å². The molecule has 3 aromatic rings. The van der Waals surface area contributed by atoms with Crippen LogP contribution in [-0.4, -0.2) is 50.0 Å². The van der Waals surface area contributed by atoms with E-state index < -0.39 is 0 Å². The summed E-state index contributed by atoms with van der Waals surface area (Å²) >= 11 is 6.45. The topological polar surface area (TPSA) is 101 Å². The van der Waals surface area contributed by atoms with Crippen LogP contribution < -0.4 is 11.1 Å². The van der Waals surface area contributed by atoms with E-state index in [0.717, 1.165) is 35.6 Å². The molecule has 9 heteroatoms. The molecule has 2 heterocycles. The van der Waals surface area contributed by atoms with Crippen LogP contribution in [-0.2, 0) is 11.2 Å². The van der Waals surface area contributed by atoms with Crippen molar-refractivity contribution in [1.82, 2.24) is 29.8 Å². The molecule has 0 radical (unpaired) electrons. The first-order chi connectivity index (χ1) is 14.3. The largest absolute Gasteiger partial charge is 0.366 e. The van der Waals surface area contributed by atoms with Gasteiger partial charge >= 0.3 is 0 Å². The molecule has 1 unspecified atom stereocenters. The summed E-state index contributed by atoms with van der Waals surface area (Å²) in [5, 5.41) is 7.94. The maximum Gasteiger partial charge on any atom is 0.254 e. The van der Waals surface area contributed by atoms with Crippen LogP contribution in [0.3, 0.4) is 0 Å². The Morgan fingerprint density at radius 2 is 1.93 bits per heavy atom. The van der Waals surface area contributed by atoms with Crippen LogP contribution in [0.4, 0.5) is 5.95 Å². The van der Waals surface area contributed by atoms with Crippen LogP contribution in [0.2, 0.25) is 5.02 Å². The van der Waals surface area contributed by atoms with Gasteiger partial charge in [-0.25, -0.2) is 4.98 Å². The van der Waals surface area contributed by atoms with Gasteiger partial charge in [0.1, 0.15) is 0 Å². The molecule has 1 amide bonds. The number of hydrogen-bond acceptors (Lipinski definition) is 6. The molecule has 0 fully saturated rings. The average molecular weight is 430 g/mol. The third kappa shape index (κ3) is 4.55. The fraction of sp³-hybridized carbons (Fsp3) is 0.429. The van der Waals surface area contributed by atoms with E-state index in [1.165, 1.54) is 0 Å². The second-order valence-electron chi connectivity index (χ2n) is 7.18. The molecular weight excluding hydrogens is 402 g/mol. The summed E-state index contributed by atoms with van der Waals surface area (Å²) in [6.45, 7) is 10.1. The zero-order valence-electron chi connectivity index (χ0n) is 17.8. The lowest BCUT2D eigenvalue weighted by molar-refractivity contribution is -0.120. The summed E-state index contributed by atoms with van der Waals surface area (Å²) in [5.74, 6) is 0.514. The Morgan fingerprint density at radius 3 is 2.60 bits per heavy atom. The number of nitrogens with one attached hydrogen (secondary N) is 1. The number of aromatic nitrogens is 4. The molecular formula is C21H28ClN7O. The van der Waals surface area contributed by atoms with Gasteiger partial charge in [0.25, 0.3) is 5.78 Å². The average Bonchev–Trinajstić information content (AvgIpc) is 3.09.